The van der Waals surface area contributed by atoms with E-state index in [1.165, 1.54) is 4.31 Å². The molecule has 0 fully saturated rings. The molecule has 4 nitrogen and oxygen atoms in total. The number of unbranched alkanes of at least 4 members (excludes halogenated alkanes) is 1. The second kappa shape index (κ2) is 8.73. The second-order valence-electron chi connectivity index (χ2n) is 5.51. The lowest BCUT2D eigenvalue weighted by Gasteiger charge is -2.17. The minimum absolute atomic E-state index is 0.191. The van der Waals surface area contributed by atoms with E-state index in [4.69, 9.17) is 11.6 Å². The van der Waals surface area contributed by atoms with Crippen LogP contribution in [0.4, 0.5) is 0 Å². The molecule has 0 saturated heterocycles. The third kappa shape index (κ3) is 7.27. The van der Waals surface area contributed by atoms with Crippen LogP contribution in [-0.2, 0) is 16.6 Å². The van der Waals surface area contributed by atoms with Gasteiger partial charge in [-0.15, -0.1) is 0 Å². The monoisotopic (exact) mass is 332 g/mol. The SMILES string of the molecule is CC(C)NCCCCS(=O)(=O)N(C)Cc1ccc(Cl)cc1. The summed E-state index contributed by atoms with van der Waals surface area (Å²) in [5.41, 5.74) is 0.937. The number of nitrogens with one attached hydrogen (secondary N) is 1. The second-order valence-corrected chi connectivity index (χ2v) is 8.15. The molecule has 0 amide bonds. The van der Waals surface area contributed by atoms with Gasteiger partial charge in [-0.3, -0.25) is 0 Å². The Labute approximate surface area is 133 Å². The van der Waals surface area contributed by atoms with Gasteiger partial charge in [-0.1, -0.05) is 37.6 Å². The molecule has 0 heterocycles. The van der Waals surface area contributed by atoms with Crippen molar-refractivity contribution in [1.29, 1.82) is 0 Å². The molecule has 0 aliphatic rings. The first-order valence-electron chi connectivity index (χ1n) is 7.23. The Hall–Kier alpha value is -0.620. The van der Waals surface area contributed by atoms with E-state index in [0.29, 0.717) is 24.0 Å². The summed E-state index contributed by atoms with van der Waals surface area (Å²) in [6, 6.07) is 7.68. The number of sulfonamides is 1. The molecule has 6 heteroatoms. The van der Waals surface area contributed by atoms with Crippen LogP contribution in [-0.4, -0.2) is 38.1 Å². The van der Waals surface area contributed by atoms with Crippen LogP contribution >= 0.6 is 11.6 Å². The Bertz CT molecular complexity index is 515. The first-order valence-corrected chi connectivity index (χ1v) is 9.22. The molecular formula is C15H25ClN2O2S. The molecule has 0 aliphatic heterocycles. The van der Waals surface area contributed by atoms with E-state index in [2.05, 4.69) is 19.2 Å². The van der Waals surface area contributed by atoms with Crippen molar-refractivity contribution in [3.63, 3.8) is 0 Å². The summed E-state index contributed by atoms with van der Waals surface area (Å²) in [6.45, 7) is 5.39. The highest BCUT2D eigenvalue weighted by Gasteiger charge is 2.17. The van der Waals surface area contributed by atoms with Gasteiger partial charge in [0.25, 0.3) is 0 Å². The Morgan fingerprint density at radius 3 is 2.38 bits per heavy atom. The van der Waals surface area contributed by atoms with Crippen molar-refractivity contribution in [3.8, 4) is 0 Å². The Morgan fingerprint density at radius 2 is 1.81 bits per heavy atom. The molecule has 1 aromatic rings. The maximum Gasteiger partial charge on any atom is 0.214 e. The van der Waals surface area contributed by atoms with Gasteiger partial charge in [0, 0.05) is 24.7 Å². The van der Waals surface area contributed by atoms with Gasteiger partial charge in [-0.2, -0.15) is 0 Å². The van der Waals surface area contributed by atoms with Gasteiger partial charge in [0.2, 0.25) is 10.0 Å². The predicted octanol–water partition coefficient (Wildman–Crippen LogP) is 2.88. The molecule has 0 aliphatic carbocycles. The fourth-order valence-corrected chi connectivity index (χ4v) is 3.25. The van der Waals surface area contributed by atoms with Crippen molar-refractivity contribution in [2.24, 2.45) is 0 Å². The lowest BCUT2D eigenvalue weighted by molar-refractivity contribution is 0.463. The van der Waals surface area contributed by atoms with E-state index in [-0.39, 0.29) is 5.75 Å². The van der Waals surface area contributed by atoms with Crippen molar-refractivity contribution < 1.29 is 8.42 Å². The summed E-state index contributed by atoms with van der Waals surface area (Å²) < 4.78 is 25.8. The van der Waals surface area contributed by atoms with Gasteiger partial charge in [0.1, 0.15) is 0 Å². The third-order valence-electron chi connectivity index (χ3n) is 3.18. The van der Waals surface area contributed by atoms with Gasteiger partial charge >= 0.3 is 0 Å². The summed E-state index contributed by atoms with van der Waals surface area (Å²) in [5, 5.41) is 3.94. The zero-order valence-electron chi connectivity index (χ0n) is 13.0. The molecule has 0 unspecified atom stereocenters. The lowest BCUT2D eigenvalue weighted by atomic mass is 10.2. The molecule has 0 atom stereocenters. The fraction of sp³-hybridized carbons (Fsp3) is 0.600. The highest BCUT2D eigenvalue weighted by Crippen LogP contribution is 2.13. The van der Waals surface area contributed by atoms with Gasteiger partial charge in [-0.25, -0.2) is 12.7 Å². The van der Waals surface area contributed by atoms with Crippen LogP contribution in [0.25, 0.3) is 0 Å². The van der Waals surface area contributed by atoms with Crippen LogP contribution in [0.1, 0.15) is 32.3 Å². The maximum atomic E-state index is 12.2. The number of benzene rings is 1. The van der Waals surface area contributed by atoms with Crippen molar-refractivity contribution in [2.45, 2.75) is 39.3 Å². The van der Waals surface area contributed by atoms with E-state index < -0.39 is 10.0 Å². The summed E-state index contributed by atoms with van der Waals surface area (Å²) in [7, 11) is -1.58. The molecule has 1 N–H and O–H groups in total. The van der Waals surface area contributed by atoms with Crippen LogP contribution in [0.15, 0.2) is 24.3 Å². The fourth-order valence-electron chi connectivity index (χ4n) is 1.90. The molecule has 120 valence electrons. The number of rotatable bonds is 9. The molecular weight excluding hydrogens is 308 g/mol. The van der Waals surface area contributed by atoms with E-state index >= 15 is 0 Å². The largest absolute Gasteiger partial charge is 0.315 e. The number of halogens is 1. The summed E-state index contributed by atoms with van der Waals surface area (Å²) in [4.78, 5) is 0. The van der Waals surface area contributed by atoms with Crippen LogP contribution in [0.3, 0.4) is 0 Å². The first kappa shape index (κ1) is 18.4. The van der Waals surface area contributed by atoms with Crippen molar-refractivity contribution in [3.05, 3.63) is 34.9 Å². The Morgan fingerprint density at radius 1 is 1.19 bits per heavy atom. The molecule has 21 heavy (non-hydrogen) atoms. The molecule has 0 bridgehead atoms. The van der Waals surface area contributed by atoms with Crippen LogP contribution in [0, 0.1) is 0 Å². The maximum absolute atomic E-state index is 12.2. The summed E-state index contributed by atoms with van der Waals surface area (Å²) >= 11 is 5.82. The van der Waals surface area contributed by atoms with Crippen LogP contribution in [0.2, 0.25) is 5.02 Å². The Kier molecular flexibility index (Phi) is 7.66. The molecule has 0 spiro atoms. The smallest absolute Gasteiger partial charge is 0.214 e. The number of hydrogen-bond donors (Lipinski definition) is 1. The quantitative estimate of drug-likeness (QED) is 0.707. The normalized spacial score (nSPS) is 12.3. The third-order valence-corrected chi connectivity index (χ3v) is 5.31. The van der Waals surface area contributed by atoms with Gasteiger partial charge in [-0.05, 0) is 37.1 Å². The minimum atomic E-state index is -3.20. The summed E-state index contributed by atoms with van der Waals surface area (Å²) in [5.74, 6) is 0.191. The molecule has 0 saturated carbocycles. The van der Waals surface area contributed by atoms with Gasteiger partial charge < -0.3 is 5.32 Å². The average Bonchev–Trinajstić information content (AvgIpc) is 2.40. The van der Waals surface area contributed by atoms with E-state index in [0.717, 1.165) is 18.5 Å². The van der Waals surface area contributed by atoms with Gasteiger partial charge in [0.15, 0.2) is 0 Å². The Balaban J connectivity index is 2.40. The number of hydrogen-bond acceptors (Lipinski definition) is 3. The van der Waals surface area contributed by atoms with Crippen molar-refractivity contribution in [2.75, 3.05) is 19.3 Å². The standard InChI is InChI=1S/C15H25ClN2O2S/c1-13(2)17-10-4-5-11-21(19,20)18(3)12-14-6-8-15(16)9-7-14/h6-9,13,17H,4-5,10-12H2,1-3H3. The highest BCUT2D eigenvalue weighted by molar-refractivity contribution is 7.89. The van der Waals surface area contributed by atoms with Crippen molar-refractivity contribution in [1.82, 2.24) is 9.62 Å². The van der Waals surface area contributed by atoms with Crippen LogP contribution in [0.5, 0.6) is 0 Å². The van der Waals surface area contributed by atoms with E-state index in [1.807, 2.05) is 12.1 Å². The van der Waals surface area contributed by atoms with E-state index in [9.17, 15) is 8.42 Å². The minimum Gasteiger partial charge on any atom is -0.315 e. The zero-order valence-corrected chi connectivity index (χ0v) is 14.5. The molecule has 1 aromatic carbocycles. The van der Waals surface area contributed by atoms with E-state index in [1.54, 1.807) is 19.2 Å². The summed E-state index contributed by atoms with van der Waals surface area (Å²) in [6.07, 6.45) is 1.54. The average molecular weight is 333 g/mol. The number of nitrogens with zero attached hydrogens (tertiary/aromatic N) is 1. The van der Waals surface area contributed by atoms with Crippen LogP contribution < -0.4 is 5.32 Å². The lowest BCUT2D eigenvalue weighted by Crippen LogP contribution is -2.29. The highest BCUT2D eigenvalue weighted by atomic mass is 35.5. The first-order chi connectivity index (χ1) is 9.81. The topological polar surface area (TPSA) is 49.4 Å². The predicted molar refractivity (Wildman–Crippen MR) is 89.1 cm³/mol. The van der Waals surface area contributed by atoms with Crippen molar-refractivity contribution >= 4 is 21.6 Å². The van der Waals surface area contributed by atoms with Gasteiger partial charge in [0.05, 0.1) is 5.75 Å². The molecule has 0 radical (unpaired) electrons. The molecule has 0 aromatic heterocycles. The zero-order chi connectivity index (χ0) is 15.9. The molecule has 1 rings (SSSR count).